The van der Waals surface area contributed by atoms with Gasteiger partial charge in [-0.2, -0.15) is 0 Å². The molecule has 19 heavy (non-hydrogen) atoms. The average molecular weight is 264 g/mol. The van der Waals surface area contributed by atoms with Gasteiger partial charge in [-0.25, -0.2) is 4.98 Å². The van der Waals surface area contributed by atoms with Gasteiger partial charge in [0.1, 0.15) is 0 Å². The summed E-state index contributed by atoms with van der Waals surface area (Å²) in [5.74, 6) is 1.70. The summed E-state index contributed by atoms with van der Waals surface area (Å²) in [4.78, 5) is 7.16. The predicted molar refractivity (Wildman–Crippen MR) is 80.6 cm³/mol. The molecule has 1 aliphatic rings. The van der Waals surface area contributed by atoms with E-state index in [1.807, 2.05) is 0 Å². The molecule has 1 aliphatic heterocycles. The number of nitrogens with one attached hydrogen (secondary N) is 1. The van der Waals surface area contributed by atoms with Gasteiger partial charge in [0.25, 0.3) is 0 Å². The lowest BCUT2D eigenvalue weighted by Crippen LogP contribution is -2.42. The van der Waals surface area contributed by atoms with E-state index in [9.17, 15) is 0 Å². The van der Waals surface area contributed by atoms with Gasteiger partial charge >= 0.3 is 0 Å². The van der Waals surface area contributed by atoms with Crippen LogP contribution in [0.25, 0.3) is 0 Å². The minimum absolute atomic E-state index is 0.543. The number of likely N-dealkylation sites (N-methyl/N-ethyl adjacent to an activating group) is 1. The third-order valence-electron chi connectivity index (χ3n) is 3.74. The molecule has 4 heteroatoms. The van der Waals surface area contributed by atoms with Crippen LogP contribution in [0, 0.1) is 12.8 Å². The van der Waals surface area contributed by atoms with E-state index in [1.54, 1.807) is 0 Å². The molecule has 4 nitrogen and oxygen atoms in total. The van der Waals surface area contributed by atoms with Crippen molar-refractivity contribution < 1.29 is 0 Å². The SMILES string of the molecule is CCN1CCCC(Nc2nc(C)cn2CC(C)C)C1. The van der Waals surface area contributed by atoms with Crippen LogP contribution in [0.1, 0.15) is 39.3 Å². The van der Waals surface area contributed by atoms with Crippen LogP contribution < -0.4 is 5.32 Å². The summed E-state index contributed by atoms with van der Waals surface area (Å²) in [5.41, 5.74) is 1.10. The van der Waals surface area contributed by atoms with Gasteiger partial charge in [-0.15, -0.1) is 0 Å². The molecule has 2 rings (SSSR count). The van der Waals surface area contributed by atoms with Crippen molar-refractivity contribution in [2.24, 2.45) is 5.92 Å². The van der Waals surface area contributed by atoms with Crippen molar-refractivity contribution in [1.82, 2.24) is 14.5 Å². The molecule has 1 aromatic rings. The number of anilines is 1. The van der Waals surface area contributed by atoms with Crippen LogP contribution in [0.3, 0.4) is 0 Å². The Hall–Kier alpha value is -1.03. The first kappa shape index (κ1) is 14.4. The largest absolute Gasteiger partial charge is 0.352 e. The summed E-state index contributed by atoms with van der Waals surface area (Å²) in [6, 6.07) is 0.543. The second kappa shape index (κ2) is 6.42. The zero-order valence-electron chi connectivity index (χ0n) is 12.8. The van der Waals surface area contributed by atoms with Crippen molar-refractivity contribution in [1.29, 1.82) is 0 Å². The van der Waals surface area contributed by atoms with Crippen molar-refractivity contribution in [2.75, 3.05) is 25.0 Å². The maximum absolute atomic E-state index is 4.64. The average Bonchev–Trinajstić information content (AvgIpc) is 2.69. The molecule has 1 unspecified atom stereocenters. The van der Waals surface area contributed by atoms with E-state index in [0.717, 1.165) is 31.3 Å². The Morgan fingerprint density at radius 3 is 2.95 bits per heavy atom. The maximum Gasteiger partial charge on any atom is 0.203 e. The number of likely N-dealkylation sites (tertiary alicyclic amines) is 1. The molecular formula is C15H28N4. The van der Waals surface area contributed by atoms with Crippen LogP contribution in [-0.2, 0) is 6.54 Å². The predicted octanol–water partition coefficient (Wildman–Crippen LogP) is 2.74. The third kappa shape index (κ3) is 3.96. The van der Waals surface area contributed by atoms with Gasteiger partial charge in [-0.3, -0.25) is 0 Å². The summed E-state index contributed by atoms with van der Waals surface area (Å²) in [6.07, 6.45) is 4.70. The first-order chi connectivity index (χ1) is 9.08. The van der Waals surface area contributed by atoms with Crippen LogP contribution in [0.2, 0.25) is 0 Å². The zero-order valence-corrected chi connectivity index (χ0v) is 12.8. The quantitative estimate of drug-likeness (QED) is 0.887. The van der Waals surface area contributed by atoms with Gasteiger partial charge in [0.05, 0.1) is 5.69 Å². The van der Waals surface area contributed by atoms with Crippen LogP contribution in [0.15, 0.2) is 6.20 Å². The number of nitrogens with zero attached hydrogens (tertiary/aromatic N) is 3. The summed E-state index contributed by atoms with van der Waals surface area (Å²) < 4.78 is 2.27. The highest BCUT2D eigenvalue weighted by molar-refractivity contribution is 5.30. The summed E-state index contributed by atoms with van der Waals surface area (Å²) in [5, 5.41) is 3.65. The van der Waals surface area contributed by atoms with Crippen molar-refractivity contribution in [3.8, 4) is 0 Å². The molecule has 0 radical (unpaired) electrons. The first-order valence-corrected chi connectivity index (χ1v) is 7.61. The molecule has 1 fully saturated rings. The number of piperidine rings is 1. The topological polar surface area (TPSA) is 33.1 Å². The number of hydrogen-bond acceptors (Lipinski definition) is 3. The van der Waals surface area contributed by atoms with Gasteiger partial charge < -0.3 is 14.8 Å². The molecule has 1 atom stereocenters. The van der Waals surface area contributed by atoms with Gasteiger partial charge in [0.15, 0.2) is 0 Å². The Morgan fingerprint density at radius 1 is 1.47 bits per heavy atom. The molecule has 0 saturated carbocycles. The Morgan fingerprint density at radius 2 is 2.26 bits per heavy atom. The summed E-state index contributed by atoms with van der Waals surface area (Å²) in [6.45, 7) is 13.4. The molecule has 2 heterocycles. The fraction of sp³-hybridized carbons (Fsp3) is 0.800. The smallest absolute Gasteiger partial charge is 0.203 e. The maximum atomic E-state index is 4.64. The number of imidazole rings is 1. The van der Waals surface area contributed by atoms with E-state index in [2.05, 4.69) is 53.7 Å². The third-order valence-corrected chi connectivity index (χ3v) is 3.74. The number of aromatic nitrogens is 2. The van der Waals surface area contributed by atoms with Gasteiger partial charge in [0, 0.05) is 25.3 Å². The van der Waals surface area contributed by atoms with Crippen molar-refractivity contribution in [2.45, 2.75) is 53.1 Å². The van der Waals surface area contributed by atoms with E-state index in [-0.39, 0.29) is 0 Å². The molecule has 0 aliphatic carbocycles. The van der Waals surface area contributed by atoms with Gasteiger partial charge in [-0.05, 0) is 38.8 Å². The highest BCUT2D eigenvalue weighted by Gasteiger charge is 2.20. The molecule has 1 aromatic heterocycles. The van der Waals surface area contributed by atoms with Crippen molar-refractivity contribution in [3.05, 3.63) is 11.9 Å². The number of hydrogen-bond donors (Lipinski definition) is 1. The molecule has 0 bridgehead atoms. The van der Waals surface area contributed by atoms with E-state index in [1.165, 1.54) is 19.4 Å². The molecule has 1 saturated heterocycles. The molecule has 0 aromatic carbocycles. The van der Waals surface area contributed by atoms with Crippen LogP contribution >= 0.6 is 0 Å². The second-order valence-electron chi connectivity index (χ2n) is 6.13. The van der Waals surface area contributed by atoms with Gasteiger partial charge in [-0.1, -0.05) is 20.8 Å². The zero-order chi connectivity index (χ0) is 13.8. The minimum Gasteiger partial charge on any atom is -0.352 e. The number of rotatable bonds is 5. The number of aryl methyl sites for hydroxylation is 1. The standard InChI is InChI=1S/C15H28N4/c1-5-18-8-6-7-14(11-18)17-15-16-13(4)10-19(15)9-12(2)3/h10,12,14H,5-9,11H2,1-4H3,(H,16,17). The van der Waals surface area contributed by atoms with E-state index < -0.39 is 0 Å². The Bertz CT molecular complexity index is 397. The Kier molecular flexibility index (Phi) is 4.86. The normalized spacial score (nSPS) is 21.0. The first-order valence-electron chi connectivity index (χ1n) is 7.61. The van der Waals surface area contributed by atoms with Crippen molar-refractivity contribution >= 4 is 5.95 Å². The molecule has 0 amide bonds. The Balaban J connectivity index is 2.01. The van der Waals surface area contributed by atoms with Gasteiger partial charge in [0.2, 0.25) is 5.95 Å². The monoisotopic (exact) mass is 264 g/mol. The highest BCUT2D eigenvalue weighted by atomic mass is 15.2. The lowest BCUT2D eigenvalue weighted by atomic mass is 10.1. The lowest BCUT2D eigenvalue weighted by Gasteiger charge is -2.32. The molecule has 0 spiro atoms. The fourth-order valence-electron chi connectivity index (χ4n) is 2.84. The van der Waals surface area contributed by atoms with Crippen LogP contribution in [-0.4, -0.2) is 40.1 Å². The van der Waals surface area contributed by atoms with Crippen LogP contribution in [0.5, 0.6) is 0 Å². The summed E-state index contributed by atoms with van der Waals surface area (Å²) >= 11 is 0. The summed E-state index contributed by atoms with van der Waals surface area (Å²) in [7, 11) is 0. The lowest BCUT2D eigenvalue weighted by molar-refractivity contribution is 0.226. The van der Waals surface area contributed by atoms with E-state index >= 15 is 0 Å². The highest BCUT2D eigenvalue weighted by Crippen LogP contribution is 2.17. The minimum atomic E-state index is 0.543. The Labute approximate surface area is 117 Å². The second-order valence-corrected chi connectivity index (χ2v) is 6.13. The fourth-order valence-corrected chi connectivity index (χ4v) is 2.84. The van der Waals surface area contributed by atoms with E-state index in [4.69, 9.17) is 0 Å². The molecule has 1 N–H and O–H groups in total. The van der Waals surface area contributed by atoms with E-state index in [0.29, 0.717) is 12.0 Å². The molecular weight excluding hydrogens is 236 g/mol. The molecule has 108 valence electrons. The van der Waals surface area contributed by atoms with Crippen LogP contribution in [0.4, 0.5) is 5.95 Å². The van der Waals surface area contributed by atoms with Crippen molar-refractivity contribution in [3.63, 3.8) is 0 Å².